The zero-order valence-corrected chi connectivity index (χ0v) is 64.3. The maximum atomic E-state index is 2.71. The molecular formula is C100H95BN4. The Kier molecular flexibility index (Phi) is 15.6. The van der Waals surface area contributed by atoms with Gasteiger partial charge in [0.15, 0.2) is 0 Å². The fraction of sp³-hybridized carbons (Fsp3) is 0.220. The van der Waals surface area contributed by atoms with Crippen molar-refractivity contribution in [3.05, 3.63) is 306 Å². The molecule has 0 aliphatic carbocycles. The van der Waals surface area contributed by atoms with E-state index in [0.717, 1.165) is 45.0 Å². The number of anilines is 6. The zero-order valence-electron chi connectivity index (χ0n) is 64.3. The van der Waals surface area contributed by atoms with E-state index in [9.17, 15) is 0 Å². The molecule has 2 aromatic heterocycles. The van der Waals surface area contributed by atoms with E-state index in [4.69, 9.17) is 0 Å². The minimum atomic E-state index is -0.290. The van der Waals surface area contributed by atoms with Gasteiger partial charge in [0.05, 0.1) is 44.8 Å². The van der Waals surface area contributed by atoms with Crippen LogP contribution in [0.15, 0.2) is 267 Å². The molecular weight excluding hydrogens is 1270 g/mol. The highest BCUT2D eigenvalue weighted by Crippen LogP contribution is 2.53. The second-order valence-corrected chi connectivity index (χ2v) is 35.1. The number of nitrogens with zero attached hydrogens (tertiary/aromatic N) is 4. The summed E-state index contributed by atoms with van der Waals surface area (Å²) in [5.41, 5.74) is 35.9. The van der Waals surface area contributed by atoms with Crippen molar-refractivity contribution in [3.8, 4) is 55.9 Å². The van der Waals surface area contributed by atoms with Crippen LogP contribution in [-0.2, 0) is 27.1 Å². The number of rotatable bonds is 8. The first kappa shape index (κ1) is 67.3. The quantitative estimate of drug-likeness (QED) is 0.141. The summed E-state index contributed by atoms with van der Waals surface area (Å²) in [7, 11) is 0. The smallest absolute Gasteiger partial charge is 0.252 e. The van der Waals surface area contributed by atoms with Crippen LogP contribution in [0.1, 0.15) is 143 Å². The maximum absolute atomic E-state index is 2.71. The van der Waals surface area contributed by atoms with E-state index >= 15 is 0 Å². The van der Waals surface area contributed by atoms with Crippen LogP contribution in [0.4, 0.5) is 34.1 Å². The van der Waals surface area contributed by atoms with Crippen molar-refractivity contribution in [2.75, 3.05) is 9.80 Å². The Bertz CT molecular complexity index is 5520. The van der Waals surface area contributed by atoms with Crippen molar-refractivity contribution in [3.63, 3.8) is 0 Å². The van der Waals surface area contributed by atoms with Crippen molar-refractivity contribution in [2.45, 2.75) is 145 Å². The molecule has 0 unspecified atom stereocenters. The lowest BCUT2D eigenvalue weighted by Gasteiger charge is -2.47. The number of benzene rings is 13. The highest BCUT2D eigenvalue weighted by molar-refractivity contribution is 7.00. The van der Waals surface area contributed by atoms with Gasteiger partial charge in [0.2, 0.25) is 0 Å². The van der Waals surface area contributed by atoms with Crippen molar-refractivity contribution in [2.24, 2.45) is 0 Å². The van der Waals surface area contributed by atoms with Gasteiger partial charge in [-0.25, -0.2) is 0 Å². The highest BCUT2D eigenvalue weighted by Gasteiger charge is 2.47. The molecule has 13 aromatic carbocycles. The standard InChI is InChI=1S/C100H95BN4/c1-62-83(102-87-48-42-70(96(3,4)5)56-77(87)78-57-71(97(6,7)8)43-49-88(78)102)52-46-81-94(62)104(85-40-26-24-38-75(85)68-36-28-34-66(54-68)64-30-20-18-21-31-64)91-60-74(100(15,16)17)61-92-93(91)101(81)82-47-53-84(103-89-50-44-72(98(9,10)11)58-79(89)80-59-73(99(12,13)14)45-51-90(80)103)63(2)95(82)105(92)86-41-27-25-39-76(86)69-37-29-35-67(55-69)65-32-22-19-23-33-65/h18-61H,1-17H3. The summed E-state index contributed by atoms with van der Waals surface area (Å²) in [6, 6.07) is 103. The van der Waals surface area contributed by atoms with E-state index in [-0.39, 0.29) is 33.8 Å². The third-order valence-corrected chi connectivity index (χ3v) is 23.0. The summed E-state index contributed by atoms with van der Waals surface area (Å²) in [5, 5.41) is 5.10. The fourth-order valence-electron chi connectivity index (χ4n) is 17.2. The number of hydrogen-bond acceptors (Lipinski definition) is 2. The van der Waals surface area contributed by atoms with Crippen molar-refractivity contribution < 1.29 is 0 Å². The average Bonchev–Trinajstić information content (AvgIpc) is 0.809. The molecule has 0 N–H and O–H groups in total. The summed E-state index contributed by atoms with van der Waals surface area (Å²) in [5.74, 6) is 0. The van der Waals surface area contributed by atoms with E-state index in [1.54, 1.807) is 0 Å². The first-order valence-corrected chi connectivity index (χ1v) is 37.8. The minimum absolute atomic E-state index is 0.0467. The van der Waals surface area contributed by atoms with Gasteiger partial charge in [0, 0.05) is 55.4 Å². The Balaban J connectivity index is 1.01. The molecule has 0 saturated carbocycles. The van der Waals surface area contributed by atoms with Gasteiger partial charge in [-0.3, -0.25) is 0 Å². The highest BCUT2D eigenvalue weighted by atomic mass is 15.2. The maximum Gasteiger partial charge on any atom is 0.252 e. The third-order valence-electron chi connectivity index (χ3n) is 23.0. The molecule has 4 nitrogen and oxygen atoms in total. The normalized spacial score (nSPS) is 13.3. The second-order valence-electron chi connectivity index (χ2n) is 35.1. The number of aromatic nitrogens is 2. The Morgan fingerprint density at radius 1 is 0.238 bits per heavy atom. The van der Waals surface area contributed by atoms with Crippen molar-refractivity contribution in [1.29, 1.82) is 0 Å². The molecule has 0 fully saturated rings. The summed E-state index contributed by atoms with van der Waals surface area (Å²) < 4.78 is 5.19. The molecule has 0 spiro atoms. The molecule has 4 heterocycles. The van der Waals surface area contributed by atoms with Gasteiger partial charge in [-0.2, -0.15) is 0 Å². The van der Waals surface area contributed by atoms with Gasteiger partial charge in [-0.15, -0.1) is 0 Å². The lowest BCUT2D eigenvalue weighted by atomic mass is 9.33. The first-order chi connectivity index (χ1) is 50.1. The molecule has 15 aromatic rings. The largest absolute Gasteiger partial charge is 0.310 e. The number of fused-ring (bicyclic) bond motifs is 10. The molecule has 0 radical (unpaired) electrons. The van der Waals surface area contributed by atoms with Crippen LogP contribution < -0.4 is 26.2 Å². The Labute approximate surface area is 622 Å². The van der Waals surface area contributed by atoms with E-state index < -0.39 is 0 Å². The van der Waals surface area contributed by atoms with Gasteiger partial charge in [0.1, 0.15) is 0 Å². The summed E-state index contributed by atoms with van der Waals surface area (Å²) in [4.78, 5) is 5.42. The van der Waals surface area contributed by atoms with Gasteiger partial charge in [-0.1, -0.05) is 274 Å². The van der Waals surface area contributed by atoms with Crippen molar-refractivity contribution in [1.82, 2.24) is 9.13 Å². The first-order valence-electron chi connectivity index (χ1n) is 37.8. The molecule has 518 valence electrons. The van der Waals surface area contributed by atoms with Crippen LogP contribution in [-0.4, -0.2) is 15.8 Å². The molecule has 2 aliphatic heterocycles. The van der Waals surface area contributed by atoms with Crippen LogP contribution in [0.3, 0.4) is 0 Å². The van der Waals surface area contributed by atoms with Crippen LogP contribution in [0.5, 0.6) is 0 Å². The SMILES string of the molecule is Cc1c(-n2c3ccc(C(C)(C)C)cc3c3cc(C(C)(C)C)ccc32)ccc2c1N(c1ccccc1-c1cccc(-c3ccccc3)c1)c1cc(C(C)(C)C)cc3c1B2c1ccc(-n2c4ccc(C(C)(C)C)cc4c4cc(C(C)(C)C)ccc42)c(C)c1N3c1ccccc1-c1cccc(-c2ccccc2)c1. The minimum Gasteiger partial charge on any atom is -0.310 e. The van der Waals surface area contributed by atoms with Crippen molar-refractivity contribution >= 4 is 101 Å². The van der Waals surface area contributed by atoms with Gasteiger partial charge in [0.25, 0.3) is 6.71 Å². The van der Waals surface area contributed by atoms with E-state index in [2.05, 4.69) is 404 Å². The molecule has 17 rings (SSSR count). The monoisotopic (exact) mass is 1360 g/mol. The van der Waals surface area contributed by atoms with E-state index in [1.165, 1.54) is 144 Å². The van der Waals surface area contributed by atoms with Crippen LogP contribution in [0.25, 0.3) is 99.5 Å². The second kappa shape index (κ2) is 24.4. The van der Waals surface area contributed by atoms with E-state index in [1.807, 2.05) is 0 Å². The molecule has 0 bridgehead atoms. The lowest BCUT2D eigenvalue weighted by molar-refractivity contribution is 0.590. The lowest BCUT2D eigenvalue weighted by Crippen LogP contribution is -2.62. The predicted molar refractivity (Wildman–Crippen MR) is 454 cm³/mol. The Hall–Kier alpha value is -10.9. The van der Waals surface area contributed by atoms with E-state index in [0.29, 0.717) is 0 Å². The molecule has 0 saturated heterocycles. The molecule has 0 amide bonds. The van der Waals surface area contributed by atoms with Crippen LogP contribution >= 0.6 is 0 Å². The fourth-order valence-corrected chi connectivity index (χ4v) is 17.2. The topological polar surface area (TPSA) is 16.3 Å². The molecule has 0 atom stereocenters. The van der Waals surface area contributed by atoms with Gasteiger partial charge in [-0.05, 0) is 227 Å². The third kappa shape index (κ3) is 11.2. The summed E-state index contributed by atoms with van der Waals surface area (Å²) >= 11 is 0. The number of hydrogen-bond donors (Lipinski definition) is 0. The molecule has 2 aliphatic rings. The average molecular weight is 1360 g/mol. The molecule has 105 heavy (non-hydrogen) atoms. The summed E-state index contributed by atoms with van der Waals surface area (Å²) in [6.45, 7) is 39.9. The van der Waals surface area contributed by atoms with Gasteiger partial charge >= 0.3 is 0 Å². The van der Waals surface area contributed by atoms with Gasteiger partial charge < -0.3 is 18.9 Å². The number of para-hydroxylation sites is 2. The zero-order chi connectivity index (χ0) is 73.1. The Morgan fingerprint density at radius 3 is 0.876 bits per heavy atom. The predicted octanol–water partition coefficient (Wildman–Crippen LogP) is 25.7. The van der Waals surface area contributed by atoms with Crippen LogP contribution in [0.2, 0.25) is 0 Å². The molecule has 5 heteroatoms. The van der Waals surface area contributed by atoms with Crippen LogP contribution in [0, 0.1) is 13.8 Å². The summed E-state index contributed by atoms with van der Waals surface area (Å²) in [6.07, 6.45) is 0. The Morgan fingerprint density at radius 2 is 0.543 bits per heavy atom.